The van der Waals surface area contributed by atoms with E-state index in [4.69, 9.17) is 9.47 Å². The van der Waals surface area contributed by atoms with Gasteiger partial charge in [0.2, 0.25) is 0 Å². The standard InChI is InChI=1S/C24H22N2O3S/c27-24(17-6-9-19(10-7-17)30-22-3-1-2-12-25-22)26-23(16-4-5-16)18-8-11-20-21(15-18)29-14-13-28-20/h1-3,6-12,15-16,23H,4-5,13-14H2,(H,26,27). The zero-order valence-corrected chi connectivity index (χ0v) is 17.2. The average Bonchev–Trinajstić information content (AvgIpc) is 3.63. The van der Waals surface area contributed by atoms with E-state index in [0.29, 0.717) is 24.7 Å². The molecule has 1 unspecified atom stereocenters. The zero-order valence-electron chi connectivity index (χ0n) is 16.4. The van der Waals surface area contributed by atoms with E-state index in [0.717, 1.165) is 39.8 Å². The first-order valence-corrected chi connectivity index (χ1v) is 11.0. The lowest BCUT2D eigenvalue weighted by Gasteiger charge is -2.23. The Hall–Kier alpha value is -2.99. The Morgan fingerprint density at radius 2 is 1.80 bits per heavy atom. The van der Waals surface area contributed by atoms with E-state index in [1.807, 2.05) is 60.7 Å². The minimum atomic E-state index is -0.0591. The Balaban J connectivity index is 1.29. The predicted molar refractivity (Wildman–Crippen MR) is 115 cm³/mol. The fourth-order valence-corrected chi connectivity index (χ4v) is 4.36. The van der Waals surface area contributed by atoms with Crippen molar-refractivity contribution in [3.8, 4) is 11.5 Å². The van der Waals surface area contributed by atoms with Gasteiger partial charge in [0.1, 0.15) is 18.2 Å². The van der Waals surface area contributed by atoms with Gasteiger partial charge in [0, 0.05) is 16.7 Å². The molecule has 152 valence electrons. The number of hydrogen-bond acceptors (Lipinski definition) is 5. The molecule has 1 N–H and O–H groups in total. The summed E-state index contributed by atoms with van der Waals surface area (Å²) >= 11 is 1.58. The number of carbonyl (C=O) groups excluding carboxylic acids is 1. The van der Waals surface area contributed by atoms with Gasteiger partial charge in [-0.3, -0.25) is 4.79 Å². The van der Waals surface area contributed by atoms with Crippen molar-refractivity contribution in [3.05, 3.63) is 78.0 Å². The van der Waals surface area contributed by atoms with Crippen LogP contribution in [0.15, 0.2) is 76.8 Å². The molecule has 0 saturated heterocycles. The van der Waals surface area contributed by atoms with Gasteiger partial charge in [-0.05, 0) is 72.9 Å². The molecule has 5 rings (SSSR count). The van der Waals surface area contributed by atoms with E-state index in [-0.39, 0.29) is 11.9 Å². The minimum Gasteiger partial charge on any atom is -0.486 e. The number of benzene rings is 2. The third-order valence-corrected chi connectivity index (χ3v) is 6.24. The number of nitrogens with one attached hydrogen (secondary N) is 1. The van der Waals surface area contributed by atoms with E-state index in [9.17, 15) is 4.79 Å². The van der Waals surface area contributed by atoms with E-state index >= 15 is 0 Å². The van der Waals surface area contributed by atoms with Crippen molar-refractivity contribution >= 4 is 17.7 Å². The minimum absolute atomic E-state index is 0.0177. The van der Waals surface area contributed by atoms with Crippen molar-refractivity contribution in [2.45, 2.75) is 28.8 Å². The van der Waals surface area contributed by atoms with Crippen LogP contribution in [0.2, 0.25) is 0 Å². The molecule has 5 nitrogen and oxygen atoms in total. The van der Waals surface area contributed by atoms with Crippen molar-refractivity contribution in [1.82, 2.24) is 10.3 Å². The summed E-state index contributed by atoms with van der Waals surface area (Å²) in [6.07, 6.45) is 4.03. The van der Waals surface area contributed by atoms with Gasteiger partial charge in [-0.15, -0.1) is 0 Å². The quantitative estimate of drug-likeness (QED) is 0.618. The number of nitrogens with zero attached hydrogens (tertiary/aromatic N) is 1. The van der Waals surface area contributed by atoms with Crippen LogP contribution in [0.4, 0.5) is 0 Å². The molecular formula is C24H22N2O3S. The summed E-state index contributed by atoms with van der Waals surface area (Å²) in [6, 6.07) is 19.5. The number of ether oxygens (including phenoxy) is 2. The maximum absolute atomic E-state index is 12.9. The van der Waals surface area contributed by atoms with Gasteiger partial charge in [-0.2, -0.15) is 0 Å². The van der Waals surface area contributed by atoms with Crippen molar-refractivity contribution < 1.29 is 14.3 Å². The number of carbonyl (C=O) groups is 1. The van der Waals surface area contributed by atoms with Gasteiger partial charge in [-0.25, -0.2) is 4.98 Å². The lowest BCUT2D eigenvalue weighted by Crippen LogP contribution is -2.30. The third kappa shape index (κ3) is 4.28. The molecule has 2 aromatic carbocycles. The molecule has 6 heteroatoms. The molecule has 0 spiro atoms. The van der Waals surface area contributed by atoms with Gasteiger partial charge in [0.05, 0.1) is 6.04 Å². The van der Waals surface area contributed by atoms with Gasteiger partial charge < -0.3 is 14.8 Å². The first-order valence-electron chi connectivity index (χ1n) is 10.2. The number of hydrogen-bond donors (Lipinski definition) is 1. The second-order valence-electron chi connectivity index (χ2n) is 7.49. The molecular weight excluding hydrogens is 396 g/mol. The Bertz CT molecular complexity index is 1040. The summed E-state index contributed by atoms with van der Waals surface area (Å²) in [5, 5.41) is 4.17. The van der Waals surface area contributed by atoms with Crippen molar-refractivity contribution in [3.63, 3.8) is 0 Å². The summed E-state index contributed by atoms with van der Waals surface area (Å²) < 4.78 is 11.3. The van der Waals surface area contributed by atoms with E-state index in [1.54, 1.807) is 18.0 Å². The highest BCUT2D eigenvalue weighted by molar-refractivity contribution is 7.99. The molecule has 1 aliphatic carbocycles. The highest BCUT2D eigenvalue weighted by Gasteiger charge is 2.34. The molecule has 0 radical (unpaired) electrons. The largest absolute Gasteiger partial charge is 0.486 e. The maximum Gasteiger partial charge on any atom is 0.251 e. The van der Waals surface area contributed by atoms with E-state index in [1.165, 1.54) is 0 Å². The van der Waals surface area contributed by atoms with Crippen LogP contribution in [0, 0.1) is 5.92 Å². The van der Waals surface area contributed by atoms with Crippen LogP contribution in [0.5, 0.6) is 11.5 Å². The van der Waals surface area contributed by atoms with Crippen LogP contribution in [0.1, 0.15) is 34.8 Å². The Morgan fingerprint density at radius 3 is 2.53 bits per heavy atom. The Kier molecular flexibility index (Phi) is 5.32. The number of fused-ring (bicyclic) bond motifs is 1. The van der Waals surface area contributed by atoms with E-state index in [2.05, 4.69) is 10.3 Å². The van der Waals surface area contributed by atoms with Crippen LogP contribution in [-0.4, -0.2) is 24.1 Å². The van der Waals surface area contributed by atoms with Gasteiger partial charge in [0.15, 0.2) is 11.5 Å². The Morgan fingerprint density at radius 1 is 1.00 bits per heavy atom. The molecule has 1 saturated carbocycles. The number of pyridine rings is 1. The second-order valence-corrected chi connectivity index (χ2v) is 8.58. The highest BCUT2D eigenvalue weighted by atomic mass is 32.2. The maximum atomic E-state index is 12.9. The van der Waals surface area contributed by atoms with Gasteiger partial charge in [-0.1, -0.05) is 23.9 Å². The molecule has 3 aromatic rings. The molecule has 1 aliphatic heterocycles. The van der Waals surface area contributed by atoms with E-state index < -0.39 is 0 Å². The van der Waals surface area contributed by atoms with Gasteiger partial charge in [0.25, 0.3) is 5.91 Å². The fourth-order valence-electron chi connectivity index (χ4n) is 3.58. The average molecular weight is 419 g/mol. The lowest BCUT2D eigenvalue weighted by molar-refractivity contribution is 0.0931. The number of amides is 1. The molecule has 1 amide bonds. The molecule has 2 heterocycles. The van der Waals surface area contributed by atoms with Crippen LogP contribution >= 0.6 is 11.8 Å². The molecule has 0 bridgehead atoms. The zero-order chi connectivity index (χ0) is 20.3. The number of rotatable bonds is 6. The normalized spacial score (nSPS) is 16.0. The molecule has 30 heavy (non-hydrogen) atoms. The summed E-state index contributed by atoms with van der Waals surface area (Å²) in [5.41, 5.74) is 1.72. The SMILES string of the molecule is O=C(NC(c1ccc2c(c1)OCCO2)C1CC1)c1ccc(Sc2ccccn2)cc1. The fraction of sp³-hybridized carbons (Fsp3) is 0.250. The smallest absolute Gasteiger partial charge is 0.251 e. The van der Waals surface area contributed by atoms with Crippen LogP contribution in [0.3, 0.4) is 0 Å². The monoisotopic (exact) mass is 418 g/mol. The van der Waals surface area contributed by atoms with Crippen molar-refractivity contribution in [2.75, 3.05) is 13.2 Å². The van der Waals surface area contributed by atoms with Gasteiger partial charge >= 0.3 is 0 Å². The van der Waals surface area contributed by atoms with Crippen LogP contribution in [-0.2, 0) is 0 Å². The second kappa shape index (κ2) is 8.40. The highest BCUT2D eigenvalue weighted by Crippen LogP contribution is 2.43. The molecule has 1 aromatic heterocycles. The first kappa shape index (κ1) is 19.0. The van der Waals surface area contributed by atoms with Crippen molar-refractivity contribution in [2.24, 2.45) is 5.92 Å². The topological polar surface area (TPSA) is 60.5 Å². The predicted octanol–water partition coefficient (Wildman–Crippen LogP) is 4.89. The van der Waals surface area contributed by atoms with Crippen LogP contribution < -0.4 is 14.8 Å². The van der Waals surface area contributed by atoms with Crippen molar-refractivity contribution in [1.29, 1.82) is 0 Å². The number of aromatic nitrogens is 1. The summed E-state index contributed by atoms with van der Waals surface area (Å²) in [6.45, 7) is 1.13. The summed E-state index contributed by atoms with van der Waals surface area (Å²) in [7, 11) is 0. The molecule has 1 atom stereocenters. The Labute approximate surface area is 179 Å². The summed E-state index contributed by atoms with van der Waals surface area (Å²) in [5.74, 6) is 1.94. The summed E-state index contributed by atoms with van der Waals surface area (Å²) in [4.78, 5) is 18.3. The lowest BCUT2D eigenvalue weighted by atomic mass is 10.0. The first-order chi connectivity index (χ1) is 14.8. The van der Waals surface area contributed by atoms with Crippen LogP contribution in [0.25, 0.3) is 0 Å². The molecule has 1 fully saturated rings. The third-order valence-electron chi connectivity index (χ3n) is 5.28. The molecule has 2 aliphatic rings.